The van der Waals surface area contributed by atoms with Crippen LogP contribution in [0.15, 0.2) is 12.4 Å². The van der Waals surface area contributed by atoms with Crippen LogP contribution < -0.4 is 5.73 Å². The highest BCUT2D eigenvalue weighted by Crippen LogP contribution is 2.14. The molecule has 0 aromatic carbocycles. The van der Waals surface area contributed by atoms with Gasteiger partial charge in [-0.3, -0.25) is 9.36 Å². The molecule has 1 atom stereocenters. The highest BCUT2D eigenvalue weighted by atomic mass is 15.4. The summed E-state index contributed by atoms with van der Waals surface area (Å²) in [5.41, 5.74) is 7.48. The molecule has 0 aliphatic carbocycles. The third-order valence-corrected chi connectivity index (χ3v) is 2.01. The van der Waals surface area contributed by atoms with Crippen molar-refractivity contribution in [3.8, 4) is 0 Å². The van der Waals surface area contributed by atoms with E-state index in [4.69, 9.17) is 5.73 Å². The van der Waals surface area contributed by atoms with Gasteiger partial charge in [-0.1, -0.05) is 10.4 Å². The minimum Gasteiger partial charge on any atom is -0.318 e. The van der Waals surface area contributed by atoms with Crippen molar-refractivity contribution in [3.63, 3.8) is 0 Å². The van der Waals surface area contributed by atoms with Gasteiger partial charge in [-0.05, 0) is 0 Å². The Bertz CT molecular complexity index is 429. The fourth-order valence-electron chi connectivity index (χ4n) is 1.24. The molecule has 0 aliphatic heterocycles. The summed E-state index contributed by atoms with van der Waals surface area (Å²) in [5, 5.41) is 15.3. The standard InChI is InChI=1S/C7H11N7/c1-13-4-5(10-12-13)7(8)6-3-9-11-14(6)2/h3-4,7H,8H2,1-2H3. The maximum atomic E-state index is 5.96. The van der Waals surface area contributed by atoms with E-state index in [0.29, 0.717) is 5.69 Å². The molecule has 0 aliphatic rings. The van der Waals surface area contributed by atoms with E-state index in [-0.39, 0.29) is 6.04 Å². The zero-order chi connectivity index (χ0) is 10.1. The van der Waals surface area contributed by atoms with Gasteiger partial charge < -0.3 is 5.73 Å². The molecule has 2 aromatic heterocycles. The lowest BCUT2D eigenvalue weighted by molar-refractivity contribution is 0.642. The Hall–Kier alpha value is -1.76. The number of hydrogen-bond acceptors (Lipinski definition) is 5. The minimum absolute atomic E-state index is 0.330. The number of nitrogens with two attached hydrogens (primary N) is 1. The summed E-state index contributed by atoms with van der Waals surface area (Å²) < 4.78 is 3.23. The number of aryl methyl sites for hydroxylation is 2. The molecule has 14 heavy (non-hydrogen) atoms. The fourth-order valence-corrected chi connectivity index (χ4v) is 1.24. The van der Waals surface area contributed by atoms with Crippen molar-refractivity contribution in [1.29, 1.82) is 0 Å². The maximum Gasteiger partial charge on any atom is 0.106 e. The Morgan fingerprint density at radius 2 is 2.14 bits per heavy atom. The van der Waals surface area contributed by atoms with Crippen LogP contribution in [0.3, 0.4) is 0 Å². The number of aromatic nitrogens is 6. The molecule has 0 bridgehead atoms. The number of hydrogen-bond donors (Lipinski definition) is 1. The first kappa shape index (κ1) is 8.82. The molecule has 2 rings (SSSR count). The Balaban J connectivity index is 2.33. The van der Waals surface area contributed by atoms with Crippen LogP contribution in [-0.4, -0.2) is 30.0 Å². The SMILES string of the molecule is Cn1cc(C(N)c2cnnn2C)nn1. The molecule has 2 heterocycles. The predicted molar refractivity (Wildman–Crippen MR) is 48.0 cm³/mol. The van der Waals surface area contributed by atoms with Crippen LogP contribution in [-0.2, 0) is 14.1 Å². The monoisotopic (exact) mass is 193 g/mol. The highest BCUT2D eigenvalue weighted by Gasteiger charge is 2.15. The van der Waals surface area contributed by atoms with Gasteiger partial charge in [0.2, 0.25) is 0 Å². The van der Waals surface area contributed by atoms with Crippen molar-refractivity contribution < 1.29 is 0 Å². The second-order valence-electron chi connectivity index (χ2n) is 3.08. The molecular formula is C7H11N7. The lowest BCUT2D eigenvalue weighted by atomic mass is 10.2. The maximum absolute atomic E-state index is 5.96. The first-order valence-corrected chi connectivity index (χ1v) is 4.15. The Labute approximate surface area is 80.5 Å². The van der Waals surface area contributed by atoms with Crippen LogP contribution in [0, 0.1) is 0 Å². The first-order chi connectivity index (χ1) is 6.68. The lowest BCUT2D eigenvalue weighted by Gasteiger charge is -2.06. The zero-order valence-corrected chi connectivity index (χ0v) is 7.99. The van der Waals surface area contributed by atoms with Gasteiger partial charge in [0, 0.05) is 14.1 Å². The van der Waals surface area contributed by atoms with Gasteiger partial charge >= 0.3 is 0 Å². The van der Waals surface area contributed by atoms with Crippen molar-refractivity contribution in [3.05, 3.63) is 23.8 Å². The van der Waals surface area contributed by atoms with Crippen LogP contribution >= 0.6 is 0 Å². The third-order valence-electron chi connectivity index (χ3n) is 2.01. The molecule has 1 unspecified atom stereocenters. The van der Waals surface area contributed by atoms with Gasteiger partial charge in [0.05, 0.1) is 24.1 Å². The number of nitrogens with zero attached hydrogens (tertiary/aromatic N) is 6. The van der Waals surface area contributed by atoms with E-state index in [2.05, 4.69) is 20.6 Å². The second-order valence-corrected chi connectivity index (χ2v) is 3.08. The fraction of sp³-hybridized carbons (Fsp3) is 0.429. The molecular weight excluding hydrogens is 182 g/mol. The van der Waals surface area contributed by atoms with Gasteiger partial charge in [-0.25, -0.2) is 0 Å². The van der Waals surface area contributed by atoms with Crippen LogP contribution in [0.25, 0.3) is 0 Å². The molecule has 0 spiro atoms. The summed E-state index contributed by atoms with van der Waals surface area (Å²) in [4.78, 5) is 0. The molecule has 0 fully saturated rings. The van der Waals surface area contributed by atoms with E-state index in [1.54, 1.807) is 35.9 Å². The summed E-state index contributed by atoms with van der Waals surface area (Å²) in [6.07, 6.45) is 3.40. The van der Waals surface area contributed by atoms with Gasteiger partial charge in [0.25, 0.3) is 0 Å². The molecule has 0 saturated heterocycles. The molecule has 2 aromatic rings. The molecule has 7 heteroatoms. The second kappa shape index (κ2) is 3.18. The van der Waals surface area contributed by atoms with Gasteiger partial charge in [0.15, 0.2) is 0 Å². The van der Waals surface area contributed by atoms with Crippen LogP contribution in [0.4, 0.5) is 0 Å². The molecule has 0 saturated carbocycles. The number of rotatable bonds is 2. The van der Waals surface area contributed by atoms with Crippen LogP contribution in [0.2, 0.25) is 0 Å². The zero-order valence-electron chi connectivity index (χ0n) is 7.99. The average molecular weight is 193 g/mol. The van der Waals surface area contributed by atoms with Gasteiger partial charge in [-0.2, -0.15) is 0 Å². The van der Waals surface area contributed by atoms with E-state index in [9.17, 15) is 0 Å². The summed E-state index contributed by atoms with van der Waals surface area (Å²) in [5.74, 6) is 0. The Morgan fingerprint density at radius 1 is 1.36 bits per heavy atom. The van der Waals surface area contributed by atoms with Crippen molar-refractivity contribution >= 4 is 0 Å². The Morgan fingerprint density at radius 3 is 2.64 bits per heavy atom. The van der Waals surface area contributed by atoms with Crippen LogP contribution in [0.1, 0.15) is 17.4 Å². The summed E-state index contributed by atoms with van der Waals surface area (Å²) in [6, 6.07) is -0.330. The summed E-state index contributed by atoms with van der Waals surface area (Å²) in [6.45, 7) is 0. The topological polar surface area (TPSA) is 87.4 Å². The predicted octanol–water partition coefficient (Wildman–Crippen LogP) is -1.01. The van der Waals surface area contributed by atoms with Crippen LogP contribution in [0.5, 0.6) is 0 Å². The van der Waals surface area contributed by atoms with E-state index < -0.39 is 0 Å². The van der Waals surface area contributed by atoms with Gasteiger partial charge in [-0.15, -0.1) is 10.2 Å². The minimum atomic E-state index is -0.330. The smallest absolute Gasteiger partial charge is 0.106 e. The van der Waals surface area contributed by atoms with E-state index in [0.717, 1.165) is 5.69 Å². The summed E-state index contributed by atoms with van der Waals surface area (Å²) in [7, 11) is 3.59. The van der Waals surface area contributed by atoms with Gasteiger partial charge in [0.1, 0.15) is 5.69 Å². The molecule has 7 nitrogen and oxygen atoms in total. The average Bonchev–Trinajstić information content (AvgIpc) is 2.73. The summed E-state index contributed by atoms with van der Waals surface area (Å²) >= 11 is 0. The largest absolute Gasteiger partial charge is 0.318 e. The van der Waals surface area contributed by atoms with Crippen molar-refractivity contribution in [1.82, 2.24) is 30.0 Å². The lowest BCUT2D eigenvalue weighted by Crippen LogP contribution is -2.16. The first-order valence-electron chi connectivity index (χ1n) is 4.15. The highest BCUT2D eigenvalue weighted by molar-refractivity contribution is 5.15. The quantitative estimate of drug-likeness (QED) is 0.660. The normalized spacial score (nSPS) is 13.1. The van der Waals surface area contributed by atoms with Crippen molar-refractivity contribution in [2.24, 2.45) is 19.8 Å². The third kappa shape index (κ3) is 1.37. The molecule has 0 amide bonds. The van der Waals surface area contributed by atoms with E-state index in [1.165, 1.54) is 0 Å². The van der Waals surface area contributed by atoms with Crippen molar-refractivity contribution in [2.45, 2.75) is 6.04 Å². The van der Waals surface area contributed by atoms with E-state index >= 15 is 0 Å². The molecule has 74 valence electrons. The van der Waals surface area contributed by atoms with Crippen molar-refractivity contribution in [2.75, 3.05) is 0 Å². The Kier molecular flexibility index (Phi) is 2.01. The molecule has 0 radical (unpaired) electrons. The molecule has 2 N–H and O–H groups in total. The van der Waals surface area contributed by atoms with E-state index in [1.807, 2.05) is 0 Å².